The lowest BCUT2D eigenvalue weighted by atomic mass is 9.86. The van der Waals surface area contributed by atoms with E-state index in [0.717, 1.165) is 10.9 Å². The predicted octanol–water partition coefficient (Wildman–Crippen LogP) is 2.63. The molecule has 1 aliphatic heterocycles. The van der Waals surface area contributed by atoms with Crippen LogP contribution in [0.2, 0.25) is 0 Å². The van der Waals surface area contributed by atoms with Gasteiger partial charge in [-0.3, -0.25) is 4.79 Å². The Kier molecular flexibility index (Phi) is 4.73. The molecule has 6 nitrogen and oxygen atoms in total. The van der Waals surface area contributed by atoms with Crippen molar-refractivity contribution >= 4 is 16.7 Å². The first-order valence-corrected chi connectivity index (χ1v) is 8.98. The zero-order chi connectivity index (χ0) is 18.8. The van der Waals surface area contributed by atoms with E-state index >= 15 is 0 Å². The van der Waals surface area contributed by atoms with Crippen molar-refractivity contribution in [3.63, 3.8) is 0 Å². The van der Waals surface area contributed by atoms with Crippen LogP contribution >= 0.6 is 0 Å². The van der Waals surface area contributed by atoms with Crippen molar-refractivity contribution < 1.29 is 14.6 Å². The minimum Gasteiger partial charge on any atom is -0.467 e. The molecule has 4 rings (SSSR count). The molecule has 1 saturated heterocycles. The van der Waals surface area contributed by atoms with E-state index in [0.29, 0.717) is 25.1 Å². The van der Waals surface area contributed by atoms with Crippen molar-refractivity contribution in [2.45, 2.75) is 18.4 Å². The zero-order valence-electron chi connectivity index (χ0n) is 15.1. The maximum absolute atomic E-state index is 12.7. The fourth-order valence-electron chi connectivity index (χ4n) is 3.66. The van der Waals surface area contributed by atoms with Crippen molar-refractivity contribution in [2.24, 2.45) is 0 Å². The summed E-state index contributed by atoms with van der Waals surface area (Å²) in [5, 5.41) is 13.0. The molecule has 2 heterocycles. The lowest BCUT2D eigenvalue weighted by Crippen LogP contribution is -2.45. The fourth-order valence-corrected chi connectivity index (χ4v) is 3.66. The standard InChI is InChI=1S/C21H21N3O3/c1-27-21-22-11-17(12-23-21)20(26)24-9-8-18(19(25)13-24)16-7-6-14-4-2-3-5-15(14)10-16/h2-7,10-12,18-19,25H,8-9,13H2,1H3/t18-,19+/m0/s1. The topological polar surface area (TPSA) is 75.5 Å². The highest BCUT2D eigenvalue weighted by atomic mass is 16.5. The highest BCUT2D eigenvalue weighted by Crippen LogP contribution is 2.31. The number of carbonyl (C=O) groups excluding carboxylic acids is 1. The number of aromatic nitrogens is 2. The first-order valence-electron chi connectivity index (χ1n) is 8.98. The average Bonchev–Trinajstić information content (AvgIpc) is 2.73. The summed E-state index contributed by atoms with van der Waals surface area (Å²) in [6.45, 7) is 0.877. The summed E-state index contributed by atoms with van der Waals surface area (Å²) < 4.78 is 4.92. The average molecular weight is 363 g/mol. The molecule has 1 fully saturated rings. The van der Waals surface area contributed by atoms with Crippen molar-refractivity contribution in [2.75, 3.05) is 20.2 Å². The normalized spacial score (nSPS) is 19.9. The van der Waals surface area contributed by atoms with Crippen LogP contribution in [0.25, 0.3) is 10.8 Å². The van der Waals surface area contributed by atoms with E-state index < -0.39 is 6.10 Å². The van der Waals surface area contributed by atoms with Crippen molar-refractivity contribution in [3.8, 4) is 6.01 Å². The summed E-state index contributed by atoms with van der Waals surface area (Å²) in [5.41, 5.74) is 1.51. The Bertz CT molecular complexity index is 958. The second-order valence-electron chi connectivity index (χ2n) is 6.78. The van der Waals surface area contributed by atoms with Gasteiger partial charge in [0.05, 0.1) is 18.8 Å². The number of aliphatic hydroxyl groups is 1. The maximum Gasteiger partial charge on any atom is 0.316 e. The van der Waals surface area contributed by atoms with Crippen molar-refractivity contribution in [3.05, 3.63) is 66.0 Å². The van der Waals surface area contributed by atoms with E-state index in [1.165, 1.54) is 24.9 Å². The molecule has 27 heavy (non-hydrogen) atoms. The summed E-state index contributed by atoms with van der Waals surface area (Å²) in [4.78, 5) is 22.3. The van der Waals surface area contributed by atoms with Crippen LogP contribution in [0.3, 0.4) is 0 Å². The quantitative estimate of drug-likeness (QED) is 0.774. The number of nitrogens with zero attached hydrogens (tertiary/aromatic N) is 3. The first-order chi connectivity index (χ1) is 13.2. The van der Waals surface area contributed by atoms with Crippen molar-refractivity contribution in [1.29, 1.82) is 0 Å². The van der Waals surface area contributed by atoms with Gasteiger partial charge in [-0.2, -0.15) is 0 Å². The molecular formula is C21H21N3O3. The zero-order valence-corrected chi connectivity index (χ0v) is 15.1. The smallest absolute Gasteiger partial charge is 0.316 e. The van der Waals surface area contributed by atoms with Gasteiger partial charge in [0.1, 0.15) is 0 Å². The van der Waals surface area contributed by atoms with Crippen LogP contribution in [-0.2, 0) is 0 Å². The number of ether oxygens (including phenoxy) is 1. The SMILES string of the molecule is COc1ncc(C(=O)N2CC[C@@H](c3ccc4ccccc4c3)[C@H](O)C2)cn1. The van der Waals surface area contributed by atoms with Gasteiger partial charge in [-0.25, -0.2) is 9.97 Å². The largest absolute Gasteiger partial charge is 0.467 e. The molecule has 6 heteroatoms. The molecule has 1 amide bonds. The number of β-amino-alcohol motifs (C(OH)–C–C–N with tert-alkyl or cyclic N) is 1. The van der Waals surface area contributed by atoms with Crippen LogP contribution in [0, 0.1) is 0 Å². The number of piperidine rings is 1. The summed E-state index contributed by atoms with van der Waals surface area (Å²) in [5.74, 6) is -0.153. The monoisotopic (exact) mass is 363 g/mol. The Labute approximate surface area is 157 Å². The molecule has 1 aromatic heterocycles. The second-order valence-corrected chi connectivity index (χ2v) is 6.78. The number of methoxy groups -OCH3 is 1. The van der Waals surface area contributed by atoms with E-state index in [4.69, 9.17) is 4.74 Å². The number of carbonyl (C=O) groups is 1. The number of likely N-dealkylation sites (tertiary alicyclic amines) is 1. The third-order valence-electron chi connectivity index (χ3n) is 5.13. The number of hydrogen-bond acceptors (Lipinski definition) is 5. The first kappa shape index (κ1) is 17.4. The molecule has 2 aromatic carbocycles. The Morgan fingerprint density at radius 1 is 1.15 bits per heavy atom. The van der Waals surface area contributed by atoms with Gasteiger partial charge >= 0.3 is 6.01 Å². The van der Waals surface area contributed by atoms with Gasteiger partial charge in [0.15, 0.2) is 0 Å². The molecule has 3 aromatic rings. The molecule has 0 bridgehead atoms. The minimum atomic E-state index is -0.608. The van der Waals surface area contributed by atoms with Gasteiger partial charge in [0, 0.05) is 31.4 Å². The van der Waals surface area contributed by atoms with Crippen LogP contribution < -0.4 is 4.74 Å². The van der Waals surface area contributed by atoms with Crippen LogP contribution in [0.15, 0.2) is 54.9 Å². The lowest BCUT2D eigenvalue weighted by Gasteiger charge is -2.36. The van der Waals surface area contributed by atoms with E-state index in [-0.39, 0.29) is 17.8 Å². The Hall–Kier alpha value is -2.99. The van der Waals surface area contributed by atoms with Crippen LogP contribution in [0.1, 0.15) is 28.3 Å². The number of aliphatic hydroxyl groups excluding tert-OH is 1. The Balaban J connectivity index is 1.48. The summed E-state index contributed by atoms with van der Waals surface area (Å²) in [6.07, 6.45) is 3.01. The molecule has 0 unspecified atom stereocenters. The van der Waals surface area contributed by atoms with Gasteiger partial charge in [-0.1, -0.05) is 42.5 Å². The second kappa shape index (κ2) is 7.32. The highest BCUT2D eigenvalue weighted by Gasteiger charge is 2.31. The molecule has 1 aliphatic rings. The molecular weight excluding hydrogens is 342 g/mol. The van der Waals surface area contributed by atoms with E-state index in [9.17, 15) is 9.90 Å². The Morgan fingerprint density at radius 3 is 2.59 bits per heavy atom. The van der Waals surface area contributed by atoms with Crippen molar-refractivity contribution in [1.82, 2.24) is 14.9 Å². The summed E-state index contributed by atoms with van der Waals surface area (Å²) in [6, 6.07) is 14.7. The van der Waals surface area contributed by atoms with E-state index in [1.54, 1.807) is 4.90 Å². The fraction of sp³-hybridized carbons (Fsp3) is 0.286. The number of benzene rings is 2. The van der Waals surface area contributed by atoms with E-state index in [2.05, 4.69) is 40.3 Å². The summed E-state index contributed by atoms with van der Waals surface area (Å²) >= 11 is 0. The molecule has 0 spiro atoms. The van der Waals surface area contributed by atoms with Gasteiger partial charge in [0.2, 0.25) is 0 Å². The number of amides is 1. The molecule has 1 N–H and O–H groups in total. The molecule has 0 saturated carbocycles. The lowest BCUT2D eigenvalue weighted by molar-refractivity contribution is 0.0381. The van der Waals surface area contributed by atoms with Crippen LogP contribution in [-0.4, -0.2) is 52.2 Å². The maximum atomic E-state index is 12.7. The predicted molar refractivity (Wildman–Crippen MR) is 102 cm³/mol. The molecule has 138 valence electrons. The van der Waals surface area contributed by atoms with Crippen LogP contribution in [0.5, 0.6) is 6.01 Å². The molecule has 0 aliphatic carbocycles. The number of rotatable bonds is 3. The van der Waals surface area contributed by atoms with Gasteiger partial charge in [-0.15, -0.1) is 0 Å². The van der Waals surface area contributed by atoms with Gasteiger partial charge < -0.3 is 14.7 Å². The number of hydrogen-bond donors (Lipinski definition) is 1. The van der Waals surface area contributed by atoms with E-state index in [1.807, 2.05) is 12.1 Å². The van der Waals surface area contributed by atoms with Gasteiger partial charge in [-0.05, 0) is 22.8 Å². The third-order valence-corrected chi connectivity index (χ3v) is 5.13. The summed E-state index contributed by atoms with van der Waals surface area (Å²) in [7, 11) is 1.48. The minimum absolute atomic E-state index is 0.0192. The molecule has 2 atom stereocenters. The molecule has 0 radical (unpaired) electrons. The highest BCUT2D eigenvalue weighted by molar-refractivity contribution is 5.93. The Morgan fingerprint density at radius 2 is 1.89 bits per heavy atom. The van der Waals surface area contributed by atoms with Gasteiger partial charge in [0.25, 0.3) is 5.91 Å². The van der Waals surface area contributed by atoms with Crippen LogP contribution in [0.4, 0.5) is 0 Å². The number of fused-ring (bicyclic) bond motifs is 1. The third kappa shape index (κ3) is 3.48.